The Kier molecular flexibility index (Phi) is 3.72. The topological polar surface area (TPSA) is 42.4 Å². The molecule has 0 aromatic carbocycles. The Morgan fingerprint density at radius 1 is 1.21 bits per heavy atom. The van der Waals surface area contributed by atoms with Gasteiger partial charge in [0, 0.05) is 25.2 Å². The summed E-state index contributed by atoms with van der Waals surface area (Å²) in [6.07, 6.45) is 0. The van der Waals surface area contributed by atoms with Crippen molar-refractivity contribution in [2.45, 2.75) is 27.3 Å². The van der Waals surface area contributed by atoms with E-state index in [1.165, 1.54) is 11.1 Å². The van der Waals surface area contributed by atoms with Crippen LogP contribution in [0.15, 0.2) is 4.42 Å². The van der Waals surface area contributed by atoms with Crippen molar-refractivity contribution in [2.75, 3.05) is 20.1 Å². The molecule has 0 amide bonds. The van der Waals surface area contributed by atoms with Crippen LogP contribution in [0, 0.1) is 20.8 Å². The largest absolute Gasteiger partial charge is 0.466 e. The van der Waals surface area contributed by atoms with Crippen LogP contribution in [0.25, 0.3) is 0 Å². The van der Waals surface area contributed by atoms with Gasteiger partial charge in [-0.1, -0.05) is 0 Å². The summed E-state index contributed by atoms with van der Waals surface area (Å²) in [6.45, 7) is 8.68. The number of furan rings is 1. The van der Waals surface area contributed by atoms with Crippen LogP contribution in [0.4, 0.5) is 0 Å². The molecule has 0 atom stereocenters. The van der Waals surface area contributed by atoms with E-state index in [-0.39, 0.29) is 0 Å². The number of likely N-dealkylation sites (N-methyl/N-ethyl adjacent to an activating group) is 1. The van der Waals surface area contributed by atoms with Gasteiger partial charge in [0.1, 0.15) is 11.5 Å². The maximum atomic E-state index is 5.57. The lowest BCUT2D eigenvalue weighted by molar-refractivity contribution is 0.332. The van der Waals surface area contributed by atoms with Gasteiger partial charge in [0.2, 0.25) is 0 Å². The zero-order valence-corrected chi connectivity index (χ0v) is 9.55. The van der Waals surface area contributed by atoms with Crippen molar-refractivity contribution < 1.29 is 4.42 Å². The molecule has 3 nitrogen and oxygen atoms in total. The van der Waals surface area contributed by atoms with Crippen LogP contribution in [-0.2, 0) is 6.54 Å². The molecule has 0 aliphatic carbocycles. The molecule has 1 heterocycles. The Morgan fingerprint density at radius 2 is 1.86 bits per heavy atom. The smallest absolute Gasteiger partial charge is 0.105 e. The van der Waals surface area contributed by atoms with E-state index in [1.807, 2.05) is 13.8 Å². The highest BCUT2D eigenvalue weighted by Gasteiger charge is 2.12. The minimum absolute atomic E-state index is 0.700. The fourth-order valence-electron chi connectivity index (χ4n) is 1.64. The van der Waals surface area contributed by atoms with E-state index < -0.39 is 0 Å². The molecule has 1 rings (SSSR count). The van der Waals surface area contributed by atoms with Crippen molar-refractivity contribution >= 4 is 0 Å². The first kappa shape index (κ1) is 11.3. The normalized spacial score (nSPS) is 11.3. The maximum Gasteiger partial charge on any atom is 0.105 e. The third-order valence-electron chi connectivity index (χ3n) is 2.65. The maximum absolute atomic E-state index is 5.57. The first-order chi connectivity index (χ1) is 6.56. The highest BCUT2D eigenvalue weighted by Crippen LogP contribution is 2.21. The number of nitrogens with two attached hydrogens (primary N) is 1. The van der Waals surface area contributed by atoms with Crippen molar-refractivity contribution in [1.82, 2.24) is 4.90 Å². The molecule has 0 spiro atoms. The van der Waals surface area contributed by atoms with E-state index in [1.54, 1.807) is 0 Å². The van der Waals surface area contributed by atoms with E-state index >= 15 is 0 Å². The van der Waals surface area contributed by atoms with Crippen LogP contribution in [-0.4, -0.2) is 25.0 Å². The molecule has 80 valence electrons. The van der Waals surface area contributed by atoms with Crippen LogP contribution in [0.3, 0.4) is 0 Å². The second-order valence-corrected chi connectivity index (χ2v) is 3.84. The second kappa shape index (κ2) is 4.62. The highest BCUT2D eigenvalue weighted by molar-refractivity contribution is 5.31. The summed E-state index contributed by atoms with van der Waals surface area (Å²) in [5.74, 6) is 2.06. The summed E-state index contributed by atoms with van der Waals surface area (Å²) in [7, 11) is 2.08. The predicted molar refractivity (Wildman–Crippen MR) is 58.3 cm³/mol. The lowest BCUT2D eigenvalue weighted by Gasteiger charge is -2.15. The Balaban J connectivity index is 2.75. The highest BCUT2D eigenvalue weighted by atomic mass is 16.3. The van der Waals surface area contributed by atoms with Crippen molar-refractivity contribution in [2.24, 2.45) is 5.73 Å². The molecule has 0 radical (unpaired) electrons. The molecule has 0 unspecified atom stereocenters. The first-order valence-electron chi connectivity index (χ1n) is 5.00. The fourth-order valence-corrected chi connectivity index (χ4v) is 1.64. The number of nitrogens with zero attached hydrogens (tertiary/aromatic N) is 1. The van der Waals surface area contributed by atoms with Gasteiger partial charge in [-0.15, -0.1) is 0 Å². The van der Waals surface area contributed by atoms with E-state index in [2.05, 4.69) is 18.9 Å². The monoisotopic (exact) mass is 196 g/mol. The number of rotatable bonds is 4. The third-order valence-corrected chi connectivity index (χ3v) is 2.65. The van der Waals surface area contributed by atoms with Crippen molar-refractivity contribution in [3.8, 4) is 0 Å². The predicted octanol–water partition coefficient (Wildman–Crippen LogP) is 1.60. The molecule has 2 N–H and O–H groups in total. The van der Waals surface area contributed by atoms with Gasteiger partial charge in [0.15, 0.2) is 0 Å². The van der Waals surface area contributed by atoms with Crippen LogP contribution in [0.5, 0.6) is 0 Å². The summed E-state index contributed by atoms with van der Waals surface area (Å²) in [5, 5.41) is 0. The fraction of sp³-hybridized carbons (Fsp3) is 0.636. The summed E-state index contributed by atoms with van der Waals surface area (Å²) >= 11 is 0. The molecule has 1 aromatic heterocycles. The van der Waals surface area contributed by atoms with Gasteiger partial charge in [-0.25, -0.2) is 0 Å². The molecule has 0 aliphatic heterocycles. The Morgan fingerprint density at radius 3 is 2.29 bits per heavy atom. The van der Waals surface area contributed by atoms with Crippen LogP contribution >= 0.6 is 0 Å². The number of hydrogen-bond acceptors (Lipinski definition) is 3. The summed E-state index contributed by atoms with van der Waals surface area (Å²) in [5.41, 5.74) is 8.07. The van der Waals surface area contributed by atoms with Crippen molar-refractivity contribution in [1.29, 1.82) is 0 Å². The van der Waals surface area contributed by atoms with Gasteiger partial charge in [-0.3, -0.25) is 0 Å². The van der Waals surface area contributed by atoms with E-state index in [0.29, 0.717) is 6.54 Å². The minimum Gasteiger partial charge on any atom is -0.466 e. The number of aryl methyl sites for hydroxylation is 2. The summed E-state index contributed by atoms with van der Waals surface area (Å²) in [6, 6.07) is 0. The third kappa shape index (κ3) is 2.36. The molecule has 1 aromatic rings. The van der Waals surface area contributed by atoms with Crippen LogP contribution in [0.2, 0.25) is 0 Å². The molecular formula is C11H20N2O. The van der Waals surface area contributed by atoms with E-state index in [4.69, 9.17) is 10.2 Å². The first-order valence-corrected chi connectivity index (χ1v) is 5.00. The van der Waals surface area contributed by atoms with Gasteiger partial charge in [0.25, 0.3) is 0 Å². The molecule has 14 heavy (non-hydrogen) atoms. The molecular weight excluding hydrogens is 176 g/mol. The molecule has 0 bridgehead atoms. The molecule has 0 fully saturated rings. The van der Waals surface area contributed by atoms with E-state index in [0.717, 1.165) is 24.6 Å². The zero-order valence-electron chi connectivity index (χ0n) is 9.55. The summed E-state index contributed by atoms with van der Waals surface area (Å²) < 4.78 is 5.57. The van der Waals surface area contributed by atoms with Gasteiger partial charge >= 0.3 is 0 Å². The molecule has 3 heteroatoms. The quantitative estimate of drug-likeness (QED) is 0.795. The standard InChI is InChI=1S/C11H20N2O/c1-8-9(2)14-10(3)11(8)7-13(4)6-5-12/h5-7,12H2,1-4H3. The molecule has 0 saturated heterocycles. The Bertz CT molecular complexity index is 304. The van der Waals surface area contributed by atoms with Crippen LogP contribution in [0.1, 0.15) is 22.6 Å². The average Bonchev–Trinajstić information content (AvgIpc) is 2.33. The molecule has 0 saturated carbocycles. The van der Waals surface area contributed by atoms with Gasteiger partial charge in [-0.2, -0.15) is 0 Å². The average molecular weight is 196 g/mol. The van der Waals surface area contributed by atoms with Gasteiger partial charge < -0.3 is 15.1 Å². The SMILES string of the molecule is Cc1oc(C)c(CN(C)CCN)c1C. The summed E-state index contributed by atoms with van der Waals surface area (Å²) in [4.78, 5) is 2.21. The van der Waals surface area contributed by atoms with Crippen LogP contribution < -0.4 is 5.73 Å². The Labute approximate surface area is 85.9 Å². The van der Waals surface area contributed by atoms with Gasteiger partial charge in [-0.05, 0) is 33.4 Å². The molecule has 0 aliphatic rings. The van der Waals surface area contributed by atoms with Crippen molar-refractivity contribution in [3.63, 3.8) is 0 Å². The number of hydrogen-bond donors (Lipinski definition) is 1. The second-order valence-electron chi connectivity index (χ2n) is 3.84. The van der Waals surface area contributed by atoms with Crippen molar-refractivity contribution in [3.05, 3.63) is 22.6 Å². The lowest BCUT2D eigenvalue weighted by Crippen LogP contribution is -2.25. The minimum atomic E-state index is 0.700. The lowest BCUT2D eigenvalue weighted by atomic mass is 10.1. The Hall–Kier alpha value is -0.800. The van der Waals surface area contributed by atoms with E-state index in [9.17, 15) is 0 Å². The van der Waals surface area contributed by atoms with Gasteiger partial charge in [0.05, 0.1) is 0 Å². The zero-order chi connectivity index (χ0) is 10.7.